The van der Waals surface area contributed by atoms with E-state index in [1.54, 1.807) is 0 Å². The Balaban J connectivity index is 0.000000956. The summed E-state index contributed by atoms with van der Waals surface area (Å²) in [5, 5.41) is 7.00. The number of hydrogen-bond acceptors (Lipinski definition) is 5. The van der Waals surface area contributed by atoms with E-state index in [0.717, 1.165) is 43.4 Å². The number of ether oxygens (including phenoxy) is 1. The van der Waals surface area contributed by atoms with Crippen LogP contribution in [0, 0.1) is 0 Å². The Bertz CT molecular complexity index is 459. The third-order valence-corrected chi connectivity index (χ3v) is 3.09. The van der Waals surface area contributed by atoms with Gasteiger partial charge in [-0.25, -0.2) is 0 Å². The maximum atomic E-state index is 11.7. The zero-order valence-corrected chi connectivity index (χ0v) is 12.0. The van der Waals surface area contributed by atoms with Crippen LogP contribution in [-0.4, -0.2) is 44.5 Å². The Labute approximate surface area is 119 Å². The molecule has 0 radical (unpaired) electrons. The quantitative estimate of drug-likeness (QED) is 0.656. The molecule has 0 saturated carbocycles. The van der Waals surface area contributed by atoms with E-state index in [1.165, 1.54) is 0 Å². The van der Waals surface area contributed by atoms with Crippen LogP contribution in [0.3, 0.4) is 0 Å². The number of rotatable bonds is 5. The molecule has 5 heteroatoms. The Morgan fingerprint density at radius 3 is 2.85 bits per heavy atom. The molecule has 0 atom stereocenters. The highest BCUT2D eigenvalue weighted by Gasteiger charge is 2.20. The molecule has 1 aromatic carbocycles. The Morgan fingerprint density at radius 2 is 2.15 bits per heavy atom. The number of nitrogens with zero attached hydrogens (tertiary/aromatic N) is 1. The van der Waals surface area contributed by atoms with Gasteiger partial charge in [-0.05, 0) is 18.6 Å². The number of anilines is 1. The second-order valence-electron chi connectivity index (χ2n) is 4.43. The van der Waals surface area contributed by atoms with E-state index in [0.29, 0.717) is 19.4 Å². The zero-order valence-electron chi connectivity index (χ0n) is 12.0. The lowest BCUT2D eigenvalue weighted by Crippen LogP contribution is -2.28. The van der Waals surface area contributed by atoms with Gasteiger partial charge < -0.3 is 19.5 Å². The van der Waals surface area contributed by atoms with Crippen LogP contribution in [-0.2, 0) is 4.79 Å². The van der Waals surface area contributed by atoms with Crippen LogP contribution in [0.4, 0.5) is 5.69 Å². The Hall–Kier alpha value is -1.88. The molecule has 0 aliphatic carbocycles. The maximum absolute atomic E-state index is 11.7. The Morgan fingerprint density at radius 1 is 1.40 bits per heavy atom. The number of aliphatic hydroxyl groups excluding tert-OH is 1. The lowest BCUT2D eigenvalue weighted by atomic mass is 10.0. The van der Waals surface area contributed by atoms with Gasteiger partial charge in [-0.1, -0.05) is 0 Å². The molecule has 1 aromatic rings. The van der Waals surface area contributed by atoms with Gasteiger partial charge in [-0.15, -0.1) is 0 Å². The van der Waals surface area contributed by atoms with E-state index in [1.807, 2.05) is 25.2 Å². The number of fused-ring (bicyclic) bond motifs is 1. The van der Waals surface area contributed by atoms with Crippen molar-refractivity contribution in [3.63, 3.8) is 0 Å². The maximum Gasteiger partial charge on any atom is 0.166 e. The molecule has 2 rings (SSSR count). The first kappa shape index (κ1) is 16.2. The van der Waals surface area contributed by atoms with Crippen LogP contribution in [0.2, 0.25) is 0 Å². The first-order chi connectivity index (χ1) is 9.72. The number of benzene rings is 1. The second kappa shape index (κ2) is 8.32. The molecule has 1 N–H and O–H groups in total. The number of Topliss-reactive ketones (excluding diaryl/α,β-unsaturated/α-hetero) is 1. The fourth-order valence-corrected chi connectivity index (χ4v) is 2.03. The van der Waals surface area contributed by atoms with E-state index in [9.17, 15) is 9.59 Å². The predicted molar refractivity (Wildman–Crippen MR) is 77.6 cm³/mol. The third kappa shape index (κ3) is 4.06. The highest BCUT2D eigenvalue weighted by Crippen LogP contribution is 2.29. The fraction of sp³-hybridized carbons (Fsp3) is 0.467. The van der Waals surface area contributed by atoms with E-state index in [2.05, 4.69) is 4.90 Å². The largest absolute Gasteiger partial charge is 0.494 e. The third-order valence-electron chi connectivity index (χ3n) is 3.09. The number of carbonyl (C=O) groups excluding carboxylic acids is 2. The van der Waals surface area contributed by atoms with Gasteiger partial charge >= 0.3 is 0 Å². The Kier molecular flexibility index (Phi) is 6.73. The van der Waals surface area contributed by atoms with Gasteiger partial charge in [0.1, 0.15) is 12.0 Å². The number of unbranched alkanes of at least 4 members (excludes halogenated alkanes) is 1. The number of ketones is 1. The number of carbonyl (C=O) groups is 2. The van der Waals surface area contributed by atoms with Gasteiger partial charge in [0.15, 0.2) is 5.78 Å². The summed E-state index contributed by atoms with van der Waals surface area (Å²) in [6.45, 7) is 1.27. The molecule has 0 saturated heterocycles. The van der Waals surface area contributed by atoms with Crippen molar-refractivity contribution in [2.75, 3.05) is 32.2 Å². The summed E-state index contributed by atoms with van der Waals surface area (Å²) in [7, 11) is 2.97. The minimum atomic E-state index is 0.190. The average Bonchev–Trinajstić information content (AvgIpc) is 2.50. The summed E-state index contributed by atoms with van der Waals surface area (Å²) in [6, 6.07) is 5.53. The number of aliphatic hydroxyl groups is 1. The summed E-state index contributed by atoms with van der Waals surface area (Å²) < 4.78 is 5.56. The molecule has 1 aliphatic rings. The first-order valence-corrected chi connectivity index (χ1v) is 6.62. The summed E-state index contributed by atoms with van der Waals surface area (Å²) in [6.07, 6.45) is 2.70. The highest BCUT2D eigenvalue weighted by molar-refractivity contribution is 6.03. The molecule has 1 aliphatic heterocycles. The van der Waals surface area contributed by atoms with Crippen molar-refractivity contribution in [2.24, 2.45) is 0 Å². The van der Waals surface area contributed by atoms with Crippen molar-refractivity contribution in [1.82, 2.24) is 0 Å². The molecule has 0 bridgehead atoms. The molecule has 5 nitrogen and oxygen atoms in total. The summed E-state index contributed by atoms with van der Waals surface area (Å²) in [5.41, 5.74) is 1.70. The molecule has 0 fully saturated rings. The highest BCUT2D eigenvalue weighted by atomic mass is 16.5. The van der Waals surface area contributed by atoms with Crippen molar-refractivity contribution in [2.45, 2.75) is 19.3 Å². The van der Waals surface area contributed by atoms with Gasteiger partial charge in [0.05, 0.1) is 12.3 Å². The van der Waals surface area contributed by atoms with Gasteiger partial charge in [-0.2, -0.15) is 0 Å². The van der Waals surface area contributed by atoms with Crippen molar-refractivity contribution < 1.29 is 19.4 Å². The van der Waals surface area contributed by atoms with Crippen LogP contribution < -0.4 is 9.64 Å². The molecule has 1 heterocycles. The predicted octanol–water partition coefficient (Wildman–Crippen LogP) is 1.68. The van der Waals surface area contributed by atoms with Crippen LogP contribution in [0.15, 0.2) is 18.2 Å². The summed E-state index contributed by atoms with van der Waals surface area (Å²) in [5.74, 6) is 0.941. The minimum Gasteiger partial charge on any atom is -0.494 e. The van der Waals surface area contributed by atoms with Gasteiger partial charge in [0.2, 0.25) is 0 Å². The molecule has 0 amide bonds. The lowest BCUT2D eigenvalue weighted by Gasteiger charge is -2.26. The standard InChI is InChI=1S/C14H17NO3.CH4O/c1-15-7-6-14(17)12-5-4-11(10-13(12)15)18-9-3-2-8-16;1-2/h4-5,8,10H,2-3,6-7,9H2,1H3;2H,1H3. The monoisotopic (exact) mass is 279 g/mol. The summed E-state index contributed by atoms with van der Waals surface area (Å²) >= 11 is 0. The summed E-state index contributed by atoms with van der Waals surface area (Å²) in [4.78, 5) is 24.0. The number of aldehydes is 1. The van der Waals surface area contributed by atoms with Crippen molar-refractivity contribution in [1.29, 1.82) is 0 Å². The molecule has 0 unspecified atom stereocenters. The minimum absolute atomic E-state index is 0.190. The molecule has 0 spiro atoms. The second-order valence-corrected chi connectivity index (χ2v) is 4.43. The van der Waals surface area contributed by atoms with Crippen LogP contribution >= 0.6 is 0 Å². The van der Waals surface area contributed by atoms with Crippen molar-refractivity contribution in [3.05, 3.63) is 23.8 Å². The lowest BCUT2D eigenvalue weighted by molar-refractivity contribution is -0.108. The number of hydrogen-bond donors (Lipinski definition) is 1. The molecule has 0 aromatic heterocycles. The molecule has 20 heavy (non-hydrogen) atoms. The molecular weight excluding hydrogens is 258 g/mol. The zero-order chi connectivity index (χ0) is 15.0. The van der Waals surface area contributed by atoms with Gasteiger partial charge in [0, 0.05) is 45.2 Å². The van der Waals surface area contributed by atoms with Gasteiger partial charge in [-0.3, -0.25) is 4.79 Å². The van der Waals surface area contributed by atoms with E-state index in [4.69, 9.17) is 9.84 Å². The first-order valence-electron chi connectivity index (χ1n) is 6.62. The molecular formula is C15H21NO4. The normalized spacial score (nSPS) is 13.2. The van der Waals surface area contributed by atoms with E-state index >= 15 is 0 Å². The average molecular weight is 279 g/mol. The van der Waals surface area contributed by atoms with Crippen molar-refractivity contribution in [3.8, 4) is 5.75 Å². The van der Waals surface area contributed by atoms with Crippen LogP contribution in [0.25, 0.3) is 0 Å². The fourth-order valence-electron chi connectivity index (χ4n) is 2.03. The van der Waals surface area contributed by atoms with Crippen molar-refractivity contribution >= 4 is 17.8 Å². The SMILES string of the molecule is CN1CCC(=O)c2ccc(OCCCC=O)cc21.CO. The van der Waals surface area contributed by atoms with E-state index in [-0.39, 0.29) is 5.78 Å². The smallest absolute Gasteiger partial charge is 0.166 e. The topological polar surface area (TPSA) is 66.8 Å². The van der Waals surface area contributed by atoms with Crippen LogP contribution in [0.5, 0.6) is 5.75 Å². The van der Waals surface area contributed by atoms with Gasteiger partial charge in [0.25, 0.3) is 0 Å². The molecule has 110 valence electrons. The van der Waals surface area contributed by atoms with Crippen LogP contribution in [0.1, 0.15) is 29.6 Å². The van der Waals surface area contributed by atoms with E-state index < -0.39 is 0 Å².